The molecule has 3 aromatic rings. The van der Waals surface area contributed by atoms with Crippen molar-refractivity contribution in [3.8, 4) is 5.75 Å². The van der Waals surface area contributed by atoms with Crippen molar-refractivity contribution in [1.29, 1.82) is 0 Å². The van der Waals surface area contributed by atoms with Gasteiger partial charge in [-0.1, -0.05) is 42.5 Å². The molecule has 0 radical (unpaired) electrons. The predicted molar refractivity (Wildman–Crippen MR) is 110 cm³/mol. The van der Waals surface area contributed by atoms with E-state index in [1.54, 1.807) is 12.1 Å². The molecule has 0 aliphatic rings. The Hall–Kier alpha value is -3.41. The van der Waals surface area contributed by atoms with E-state index >= 15 is 0 Å². The standard InChI is InChI=1S/C22H24N4O2/c1-2-28-20-13-7-6-12-18(20)24-21-15-14-19(25-26-21)22(27)23-16-8-11-17-9-4-3-5-10-17/h3-7,9-10,12-15H,2,8,11,16H2,1H3,(H,23,27)(H,24,26). The zero-order valence-electron chi connectivity index (χ0n) is 15.9. The van der Waals surface area contributed by atoms with Gasteiger partial charge in [0.05, 0.1) is 12.3 Å². The molecule has 0 spiro atoms. The number of amides is 1. The number of ether oxygens (including phenoxy) is 1. The number of carbonyl (C=O) groups excluding carboxylic acids is 1. The largest absolute Gasteiger partial charge is 0.492 e. The van der Waals surface area contributed by atoms with E-state index < -0.39 is 0 Å². The number of nitrogens with one attached hydrogen (secondary N) is 2. The Morgan fingerprint density at radius 3 is 2.50 bits per heavy atom. The summed E-state index contributed by atoms with van der Waals surface area (Å²) in [7, 11) is 0. The fraction of sp³-hybridized carbons (Fsp3) is 0.227. The minimum atomic E-state index is -0.221. The molecule has 144 valence electrons. The van der Waals surface area contributed by atoms with Crippen LogP contribution < -0.4 is 15.4 Å². The zero-order valence-corrected chi connectivity index (χ0v) is 15.9. The highest BCUT2D eigenvalue weighted by atomic mass is 16.5. The second kappa shape index (κ2) is 10.1. The highest BCUT2D eigenvalue weighted by Crippen LogP contribution is 2.26. The highest BCUT2D eigenvalue weighted by Gasteiger charge is 2.09. The van der Waals surface area contributed by atoms with E-state index in [4.69, 9.17) is 4.74 Å². The maximum atomic E-state index is 12.2. The first-order chi connectivity index (χ1) is 13.8. The third-order valence-corrected chi connectivity index (χ3v) is 4.12. The molecule has 6 heteroatoms. The average molecular weight is 376 g/mol. The van der Waals surface area contributed by atoms with E-state index in [2.05, 4.69) is 33.0 Å². The van der Waals surface area contributed by atoms with Crippen LogP contribution in [-0.2, 0) is 6.42 Å². The Morgan fingerprint density at radius 2 is 1.75 bits per heavy atom. The number of rotatable bonds is 9. The molecule has 0 bridgehead atoms. The third-order valence-electron chi connectivity index (χ3n) is 4.12. The molecule has 1 aromatic heterocycles. The minimum absolute atomic E-state index is 0.221. The van der Waals surface area contributed by atoms with Gasteiger partial charge in [0.15, 0.2) is 11.5 Å². The summed E-state index contributed by atoms with van der Waals surface area (Å²) < 4.78 is 5.58. The molecule has 1 amide bonds. The summed E-state index contributed by atoms with van der Waals surface area (Å²) in [5.41, 5.74) is 2.36. The number of para-hydroxylation sites is 2. The molecule has 0 fully saturated rings. The minimum Gasteiger partial charge on any atom is -0.492 e. The Labute approximate surface area is 165 Å². The summed E-state index contributed by atoms with van der Waals surface area (Å²) in [6, 6.07) is 21.2. The van der Waals surface area contributed by atoms with Crippen LogP contribution in [0.3, 0.4) is 0 Å². The molecule has 2 aromatic carbocycles. The lowest BCUT2D eigenvalue weighted by atomic mass is 10.1. The van der Waals surface area contributed by atoms with E-state index in [9.17, 15) is 4.79 Å². The molecular weight excluding hydrogens is 352 g/mol. The second-order valence-corrected chi connectivity index (χ2v) is 6.20. The first kappa shape index (κ1) is 19.4. The quantitative estimate of drug-likeness (QED) is 0.553. The number of aromatic nitrogens is 2. The van der Waals surface area contributed by atoms with E-state index in [1.165, 1.54) is 5.56 Å². The number of hydrogen-bond acceptors (Lipinski definition) is 5. The third kappa shape index (κ3) is 5.54. The van der Waals surface area contributed by atoms with Crippen molar-refractivity contribution in [3.05, 3.63) is 78.0 Å². The lowest BCUT2D eigenvalue weighted by molar-refractivity contribution is 0.0947. The Morgan fingerprint density at radius 1 is 0.964 bits per heavy atom. The van der Waals surface area contributed by atoms with Gasteiger partial charge in [0, 0.05) is 6.54 Å². The Bertz CT molecular complexity index is 883. The molecule has 0 aliphatic heterocycles. The molecule has 0 atom stereocenters. The predicted octanol–water partition coefficient (Wildman–Crippen LogP) is 3.98. The van der Waals surface area contributed by atoms with Crippen LogP contribution in [0.4, 0.5) is 11.5 Å². The first-order valence-electron chi connectivity index (χ1n) is 9.41. The topological polar surface area (TPSA) is 76.1 Å². The van der Waals surface area contributed by atoms with Crippen LogP contribution in [0.2, 0.25) is 0 Å². The van der Waals surface area contributed by atoms with E-state index in [0.29, 0.717) is 24.7 Å². The molecule has 28 heavy (non-hydrogen) atoms. The van der Waals surface area contributed by atoms with Gasteiger partial charge in [-0.2, -0.15) is 0 Å². The number of aryl methyl sites for hydroxylation is 1. The van der Waals surface area contributed by atoms with Crippen LogP contribution in [0.25, 0.3) is 0 Å². The fourth-order valence-electron chi connectivity index (χ4n) is 2.74. The maximum Gasteiger partial charge on any atom is 0.271 e. The molecule has 1 heterocycles. The summed E-state index contributed by atoms with van der Waals surface area (Å²) in [4.78, 5) is 12.2. The first-order valence-corrected chi connectivity index (χ1v) is 9.41. The average Bonchev–Trinajstić information content (AvgIpc) is 2.74. The van der Waals surface area contributed by atoms with Gasteiger partial charge in [-0.3, -0.25) is 4.79 Å². The van der Waals surface area contributed by atoms with Crippen LogP contribution in [-0.4, -0.2) is 29.3 Å². The molecular formula is C22H24N4O2. The van der Waals surface area contributed by atoms with Gasteiger partial charge in [-0.25, -0.2) is 0 Å². The van der Waals surface area contributed by atoms with Crippen molar-refractivity contribution in [2.45, 2.75) is 19.8 Å². The van der Waals surface area contributed by atoms with Crippen LogP contribution in [0, 0.1) is 0 Å². The van der Waals surface area contributed by atoms with Crippen molar-refractivity contribution < 1.29 is 9.53 Å². The van der Waals surface area contributed by atoms with Gasteiger partial charge in [-0.15, -0.1) is 10.2 Å². The second-order valence-electron chi connectivity index (χ2n) is 6.20. The maximum absolute atomic E-state index is 12.2. The number of anilines is 2. The van der Waals surface area contributed by atoms with Gasteiger partial charge in [0.2, 0.25) is 0 Å². The van der Waals surface area contributed by atoms with Crippen LogP contribution in [0.1, 0.15) is 29.4 Å². The number of carbonyl (C=O) groups is 1. The van der Waals surface area contributed by atoms with Gasteiger partial charge in [0.1, 0.15) is 5.75 Å². The monoisotopic (exact) mass is 376 g/mol. The van der Waals surface area contributed by atoms with E-state index in [1.807, 2.05) is 49.4 Å². The highest BCUT2D eigenvalue weighted by molar-refractivity contribution is 5.92. The fourth-order valence-corrected chi connectivity index (χ4v) is 2.74. The molecule has 0 aliphatic carbocycles. The smallest absolute Gasteiger partial charge is 0.271 e. The van der Waals surface area contributed by atoms with Crippen molar-refractivity contribution in [3.63, 3.8) is 0 Å². The molecule has 0 saturated heterocycles. The van der Waals surface area contributed by atoms with Gasteiger partial charge in [0.25, 0.3) is 5.91 Å². The van der Waals surface area contributed by atoms with Crippen LogP contribution in [0.15, 0.2) is 66.7 Å². The van der Waals surface area contributed by atoms with Crippen molar-refractivity contribution in [1.82, 2.24) is 15.5 Å². The normalized spacial score (nSPS) is 10.3. The van der Waals surface area contributed by atoms with Crippen LogP contribution >= 0.6 is 0 Å². The summed E-state index contributed by atoms with van der Waals surface area (Å²) in [6.07, 6.45) is 1.80. The number of hydrogen-bond donors (Lipinski definition) is 2. The van der Waals surface area contributed by atoms with Gasteiger partial charge in [-0.05, 0) is 49.6 Å². The van der Waals surface area contributed by atoms with Crippen molar-refractivity contribution in [2.75, 3.05) is 18.5 Å². The van der Waals surface area contributed by atoms with E-state index in [0.717, 1.165) is 24.3 Å². The van der Waals surface area contributed by atoms with Crippen molar-refractivity contribution >= 4 is 17.4 Å². The Kier molecular flexibility index (Phi) is 6.95. The SMILES string of the molecule is CCOc1ccccc1Nc1ccc(C(=O)NCCCc2ccccc2)nn1. The summed E-state index contributed by atoms with van der Waals surface area (Å²) in [6.45, 7) is 3.11. The van der Waals surface area contributed by atoms with Crippen molar-refractivity contribution in [2.24, 2.45) is 0 Å². The Balaban J connectivity index is 1.50. The zero-order chi connectivity index (χ0) is 19.6. The number of benzene rings is 2. The molecule has 6 nitrogen and oxygen atoms in total. The summed E-state index contributed by atoms with van der Waals surface area (Å²) >= 11 is 0. The summed E-state index contributed by atoms with van der Waals surface area (Å²) in [5, 5.41) is 14.2. The van der Waals surface area contributed by atoms with Crippen LogP contribution in [0.5, 0.6) is 5.75 Å². The van der Waals surface area contributed by atoms with E-state index in [-0.39, 0.29) is 5.91 Å². The molecule has 0 unspecified atom stereocenters. The lowest BCUT2D eigenvalue weighted by Crippen LogP contribution is -2.26. The molecule has 3 rings (SSSR count). The van der Waals surface area contributed by atoms with Gasteiger partial charge < -0.3 is 15.4 Å². The molecule has 0 saturated carbocycles. The van der Waals surface area contributed by atoms with Gasteiger partial charge >= 0.3 is 0 Å². The number of nitrogens with zero attached hydrogens (tertiary/aromatic N) is 2. The lowest BCUT2D eigenvalue weighted by Gasteiger charge is -2.11. The molecule has 2 N–H and O–H groups in total. The summed E-state index contributed by atoms with van der Waals surface area (Å²) in [5.74, 6) is 1.07.